The monoisotopic (exact) mass is 337 g/mol. The standard InChI is InChI=1S/C21H27N3O/c1-3-24(4-2)14-13-19-17-7-5-6-8-18(17)20(23-21(19)25)15-9-11-16(22)12-10-15/h5-12,19-20H,3-4,13-14,22H2,1-2H3,(H,23,25). The number of nitrogens with zero attached hydrogens (tertiary/aromatic N) is 1. The predicted molar refractivity (Wildman–Crippen MR) is 102 cm³/mol. The second kappa shape index (κ2) is 7.70. The van der Waals surface area contributed by atoms with Gasteiger partial charge >= 0.3 is 0 Å². The molecule has 2 unspecified atom stereocenters. The zero-order valence-corrected chi connectivity index (χ0v) is 15.0. The number of amides is 1. The van der Waals surface area contributed by atoms with Gasteiger partial charge in [-0.2, -0.15) is 0 Å². The maximum atomic E-state index is 12.8. The van der Waals surface area contributed by atoms with Gasteiger partial charge in [0.1, 0.15) is 0 Å². The highest BCUT2D eigenvalue weighted by atomic mass is 16.2. The van der Waals surface area contributed by atoms with Crippen LogP contribution in [0.2, 0.25) is 0 Å². The Bertz CT molecular complexity index is 722. The average molecular weight is 337 g/mol. The highest BCUT2D eigenvalue weighted by Gasteiger charge is 2.33. The molecule has 0 fully saturated rings. The highest BCUT2D eigenvalue weighted by Crippen LogP contribution is 2.36. The molecule has 2 atom stereocenters. The Morgan fingerprint density at radius 1 is 1.00 bits per heavy atom. The molecule has 0 saturated carbocycles. The smallest absolute Gasteiger partial charge is 0.228 e. The topological polar surface area (TPSA) is 58.4 Å². The van der Waals surface area contributed by atoms with Gasteiger partial charge in [0.15, 0.2) is 0 Å². The van der Waals surface area contributed by atoms with Gasteiger partial charge in [-0.05, 0) is 54.9 Å². The maximum Gasteiger partial charge on any atom is 0.228 e. The molecule has 0 aliphatic carbocycles. The van der Waals surface area contributed by atoms with Crippen LogP contribution in [0.15, 0.2) is 48.5 Å². The van der Waals surface area contributed by atoms with Gasteiger partial charge in [0, 0.05) is 5.69 Å². The zero-order valence-electron chi connectivity index (χ0n) is 15.0. The SMILES string of the molecule is CCN(CC)CCC1C(=O)NC(c2ccc(N)cc2)c2ccccc21. The van der Waals surface area contributed by atoms with Crippen molar-refractivity contribution in [1.29, 1.82) is 0 Å². The van der Waals surface area contributed by atoms with Crippen LogP contribution in [-0.2, 0) is 4.79 Å². The molecular weight excluding hydrogens is 310 g/mol. The van der Waals surface area contributed by atoms with Crippen molar-refractivity contribution in [1.82, 2.24) is 10.2 Å². The molecule has 132 valence electrons. The number of nitrogen functional groups attached to an aromatic ring is 1. The number of fused-ring (bicyclic) bond motifs is 1. The molecule has 0 saturated heterocycles. The molecule has 0 radical (unpaired) electrons. The number of carbonyl (C=O) groups is 1. The number of carbonyl (C=O) groups excluding carboxylic acids is 1. The molecule has 3 N–H and O–H groups in total. The van der Waals surface area contributed by atoms with Crippen LogP contribution < -0.4 is 11.1 Å². The van der Waals surface area contributed by atoms with Crippen LogP contribution >= 0.6 is 0 Å². The van der Waals surface area contributed by atoms with E-state index in [0.29, 0.717) is 0 Å². The number of benzene rings is 2. The zero-order chi connectivity index (χ0) is 17.8. The quantitative estimate of drug-likeness (QED) is 0.795. The molecule has 1 amide bonds. The normalized spacial score (nSPS) is 19.6. The molecule has 1 heterocycles. The molecule has 4 nitrogen and oxygen atoms in total. The molecule has 0 bridgehead atoms. The van der Waals surface area contributed by atoms with Crippen molar-refractivity contribution in [3.63, 3.8) is 0 Å². The summed E-state index contributed by atoms with van der Waals surface area (Å²) in [5.74, 6) is 0.0366. The van der Waals surface area contributed by atoms with E-state index < -0.39 is 0 Å². The van der Waals surface area contributed by atoms with Crippen LogP contribution in [-0.4, -0.2) is 30.4 Å². The van der Waals surface area contributed by atoms with Crippen LogP contribution in [0, 0.1) is 0 Å². The highest BCUT2D eigenvalue weighted by molar-refractivity contribution is 5.87. The van der Waals surface area contributed by atoms with Gasteiger partial charge in [-0.25, -0.2) is 0 Å². The first-order chi connectivity index (χ1) is 12.1. The van der Waals surface area contributed by atoms with Gasteiger partial charge in [0.2, 0.25) is 5.91 Å². The van der Waals surface area contributed by atoms with Gasteiger partial charge in [0.25, 0.3) is 0 Å². The summed E-state index contributed by atoms with van der Waals surface area (Å²) in [6.45, 7) is 7.29. The molecule has 0 aromatic heterocycles. The Morgan fingerprint density at radius 2 is 1.64 bits per heavy atom. The molecular formula is C21H27N3O. The third kappa shape index (κ3) is 3.69. The van der Waals surface area contributed by atoms with Crippen LogP contribution in [0.4, 0.5) is 5.69 Å². The van der Waals surface area contributed by atoms with E-state index in [1.54, 1.807) is 0 Å². The van der Waals surface area contributed by atoms with Gasteiger partial charge in [0.05, 0.1) is 12.0 Å². The van der Waals surface area contributed by atoms with Crippen LogP contribution in [0.5, 0.6) is 0 Å². The van der Waals surface area contributed by atoms with E-state index in [1.165, 1.54) is 5.56 Å². The van der Waals surface area contributed by atoms with Crippen molar-refractivity contribution in [3.8, 4) is 0 Å². The number of hydrogen-bond donors (Lipinski definition) is 2. The summed E-state index contributed by atoms with van der Waals surface area (Å²) in [6, 6.07) is 16.0. The Balaban J connectivity index is 1.89. The summed E-state index contributed by atoms with van der Waals surface area (Å²) in [4.78, 5) is 15.2. The van der Waals surface area contributed by atoms with Crippen molar-refractivity contribution in [2.24, 2.45) is 0 Å². The van der Waals surface area contributed by atoms with Gasteiger partial charge < -0.3 is 16.0 Å². The summed E-state index contributed by atoms with van der Waals surface area (Å²) >= 11 is 0. The summed E-state index contributed by atoms with van der Waals surface area (Å²) in [6.07, 6.45) is 0.846. The molecule has 3 rings (SSSR count). The molecule has 1 aliphatic heterocycles. The number of nitrogens with two attached hydrogens (primary N) is 1. The number of nitrogens with one attached hydrogen (secondary N) is 1. The first kappa shape index (κ1) is 17.5. The molecule has 1 aliphatic rings. The molecule has 2 aromatic carbocycles. The molecule has 25 heavy (non-hydrogen) atoms. The lowest BCUT2D eigenvalue weighted by Gasteiger charge is -2.33. The third-order valence-electron chi connectivity index (χ3n) is 5.18. The van der Waals surface area contributed by atoms with Gasteiger partial charge in [-0.15, -0.1) is 0 Å². The number of anilines is 1. The van der Waals surface area contributed by atoms with E-state index in [1.807, 2.05) is 36.4 Å². The largest absolute Gasteiger partial charge is 0.399 e. The predicted octanol–water partition coefficient (Wildman–Crippen LogP) is 3.30. The maximum absolute atomic E-state index is 12.8. The minimum absolute atomic E-state index is 0.0816. The number of rotatable bonds is 6. The Kier molecular flexibility index (Phi) is 5.39. The lowest BCUT2D eigenvalue weighted by atomic mass is 9.82. The minimum atomic E-state index is -0.103. The van der Waals surface area contributed by atoms with E-state index in [0.717, 1.165) is 42.9 Å². The second-order valence-electron chi connectivity index (χ2n) is 6.61. The number of hydrogen-bond acceptors (Lipinski definition) is 3. The fourth-order valence-electron chi connectivity index (χ4n) is 3.64. The van der Waals surface area contributed by atoms with Crippen LogP contribution in [0.3, 0.4) is 0 Å². The minimum Gasteiger partial charge on any atom is -0.399 e. The summed E-state index contributed by atoms with van der Waals surface area (Å²) in [7, 11) is 0. The van der Waals surface area contributed by atoms with E-state index in [4.69, 9.17) is 5.73 Å². The lowest BCUT2D eigenvalue weighted by molar-refractivity contribution is -0.124. The molecule has 2 aromatic rings. The average Bonchev–Trinajstić information content (AvgIpc) is 2.64. The van der Waals surface area contributed by atoms with E-state index in [9.17, 15) is 4.79 Å². The lowest BCUT2D eigenvalue weighted by Crippen LogP contribution is -2.40. The third-order valence-corrected chi connectivity index (χ3v) is 5.18. The van der Waals surface area contributed by atoms with Crippen molar-refractivity contribution >= 4 is 11.6 Å². The summed E-state index contributed by atoms with van der Waals surface area (Å²) in [5.41, 5.74) is 9.95. The van der Waals surface area contributed by atoms with E-state index in [-0.39, 0.29) is 17.9 Å². The molecule has 0 spiro atoms. The van der Waals surface area contributed by atoms with Crippen LogP contribution in [0.25, 0.3) is 0 Å². The second-order valence-corrected chi connectivity index (χ2v) is 6.61. The fraction of sp³-hybridized carbons (Fsp3) is 0.381. The van der Waals surface area contributed by atoms with Crippen LogP contribution in [0.1, 0.15) is 48.9 Å². The first-order valence-electron chi connectivity index (χ1n) is 9.11. The van der Waals surface area contributed by atoms with Crippen molar-refractivity contribution in [3.05, 3.63) is 65.2 Å². The van der Waals surface area contributed by atoms with Crippen molar-refractivity contribution < 1.29 is 4.79 Å². The Labute approximate surface area is 150 Å². The van der Waals surface area contributed by atoms with Gasteiger partial charge in [-0.3, -0.25) is 4.79 Å². The Hall–Kier alpha value is -2.33. The van der Waals surface area contributed by atoms with Crippen molar-refractivity contribution in [2.45, 2.75) is 32.2 Å². The van der Waals surface area contributed by atoms with Crippen molar-refractivity contribution in [2.75, 3.05) is 25.4 Å². The Morgan fingerprint density at radius 3 is 2.28 bits per heavy atom. The first-order valence-corrected chi connectivity index (χ1v) is 9.11. The van der Waals surface area contributed by atoms with Gasteiger partial charge in [-0.1, -0.05) is 50.2 Å². The summed E-state index contributed by atoms with van der Waals surface area (Å²) < 4.78 is 0. The molecule has 4 heteroatoms. The van der Waals surface area contributed by atoms with E-state index >= 15 is 0 Å². The van der Waals surface area contributed by atoms with E-state index in [2.05, 4.69) is 36.2 Å². The summed E-state index contributed by atoms with van der Waals surface area (Å²) in [5, 5.41) is 3.22. The fourth-order valence-corrected chi connectivity index (χ4v) is 3.64.